The van der Waals surface area contributed by atoms with Crippen LogP contribution in [-0.2, 0) is 12.1 Å². The van der Waals surface area contributed by atoms with Gasteiger partial charge in [-0.3, -0.25) is 4.40 Å². The molecule has 0 amide bonds. The number of nitrogens with one attached hydrogen (secondary N) is 2. The fraction of sp³-hybridized carbons (Fsp3) is 0.389. The fourth-order valence-electron chi connectivity index (χ4n) is 2.56. The number of furan rings is 1. The Kier molecular flexibility index (Phi) is 7.19. The number of aliphatic imine (C=N–C) groups is 1. The lowest BCUT2D eigenvalue weighted by Gasteiger charge is -2.22. The molecule has 3 N–H and O–H groups in total. The summed E-state index contributed by atoms with van der Waals surface area (Å²) in [5, 5.41) is 25.2. The Balaban J connectivity index is 0.00000261. The van der Waals surface area contributed by atoms with Crippen LogP contribution in [0.15, 0.2) is 45.9 Å². The molecule has 3 aromatic heterocycles. The van der Waals surface area contributed by atoms with Crippen molar-refractivity contribution in [1.29, 1.82) is 0 Å². The van der Waals surface area contributed by atoms with Crippen LogP contribution >= 0.6 is 24.0 Å². The molecule has 0 spiro atoms. The molecule has 1 unspecified atom stereocenters. The van der Waals surface area contributed by atoms with Crippen molar-refractivity contribution < 1.29 is 9.52 Å². The number of hydrogen-bond acceptors (Lipinski definition) is 5. The minimum atomic E-state index is -1.15. The Morgan fingerprint density at radius 2 is 2.07 bits per heavy atom. The third kappa shape index (κ3) is 5.19. The highest BCUT2D eigenvalue weighted by Crippen LogP contribution is 2.21. The van der Waals surface area contributed by atoms with Crippen LogP contribution in [0.5, 0.6) is 0 Å². The fourth-order valence-corrected chi connectivity index (χ4v) is 2.56. The van der Waals surface area contributed by atoms with Gasteiger partial charge in [0.15, 0.2) is 17.4 Å². The number of halogens is 1. The van der Waals surface area contributed by atoms with Crippen LogP contribution in [0.4, 0.5) is 0 Å². The standard InChI is InChI=1S/C18H24N6O2.HI/c1-4-19-17(21-12-18(3,25)14-9-8-13(2)26-14)20-11-16-23-22-15-7-5-6-10-24(15)16;/h5-10,25H,4,11-12H2,1-3H3,(H2,19,20,21);1H. The van der Waals surface area contributed by atoms with Gasteiger partial charge in [0.2, 0.25) is 0 Å². The number of guanidine groups is 1. The Bertz CT molecular complexity index is 902. The van der Waals surface area contributed by atoms with Crippen molar-refractivity contribution in [3.05, 3.63) is 53.9 Å². The number of nitrogens with zero attached hydrogens (tertiary/aromatic N) is 4. The van der Waals surface area contributed by atoms with Crippen LogP contribution in [0.1, 0.15) is 31.2 Å². The predicted octanol–water partition coefficient (Wildman–Crippen LogP) is 2.21. The smallest absolute Gasteiger partial charge is 0.191 e. The maximum absolute atomic E-state index is 10.6. The van der Waals surface area contributed by atoms with Crippen molar-refractivity contribution in [2.24, 2.45) is 4.99 Å². The van der Waals surface area contributed by atoms with Gasteiger partial charge in [0.1, 0.15) is 23.7 Å². The lowest BCUT2D eigenvalue weighted by Crippen LogP contribution is -2.44. The monoisotopic (exact) mass is 484 g/mol. The average Bonchev–Trinajstić information content (AvgIpc) is 3.24. The third-order valence-electron chi connectivity index (χ3n) is 3.98. The molecule has 9 heteroatoms. The quantitative estimate of drug-likeness (QED) is 0.282. The maximum Gasteiger partial charge on any atom is 0.191 e. The second-order valence-electron chi connectivity index (χ2n) is 6.28. The van der Waals surface area contributed by atoms with E-state index in [-0.39, 0.29) is 30.5 Å². The Morgan fingerprint density at radius 3 is 2.78 bits per heavy atom. The molecule has 8 nitrogen and oxygen atoms in total. The molecule has 0 aliphatic rings. The summed E-state index contributed by atoms with van der Waals surface area (Å²) < 4.78 is 7.43. The molecule has 3 heterocycles. The summed E-state index contributed by atoms with van der Waals surface area (Å²) in [5.74, 6) is 2.61. The number of aryl methyl sites for hydroxylation is 1. The Labute approximate surface area is 175 Å². The van der Waals surface area contributed by atoms with Gasteiger partial charge in [0.05, 0.1) is 6.54 Å². The van der Waals surface area contributed by atoms with E-state index in [0.717, 1.165) is 17.2 Å². The van der Waals surface area contributed by atoms with E-state index in [1.165, 1.54) is 0 Å². The van der Waals surface area contributed by atoms with E-state index < -0.39 is 5.60 Å². The number of pyridine rings is 1. The number of hydrogen-bond donors (Lipinski definition) is 3. The van der Waals surface area contributed by atoms with Crippen LogP contribution in [-0.4, -0.2) is 38.8 Å². The van der Waals surface area contributed by atoms with Gasteiger partial charge in [-0.2, -0.15) is 0 Å². The first-order valence-electron chi connectivity index (χ1n) is 8.59. The number of fused-ring (bicyclic) bond motifs is 1. The molecular formula is C18H25IN6O2. The van der Waals surface area contributed by atoms with Crippen molar-refractivity contribution in [2.45, 2.75) is 32.9 Å². The molecular weight excluding hydrogens is 459 g/mol. The van der Waals surface area contributed by atoms with Crippen molar-refractivity contribution in [3.63, 3.8) is 0 Å². The minimum absolute atomic E-state index is 0. The van der Waals surface area contributed by atoms with Crippen LogP contribution in [0.2, 0.25) is 0 Å². The summed E-state index contributed by atoms with van der Waals surface area (Å²) in [5.41, 5.74) is -0.363. The molecule has 3 aromatic rings. The van der Waals surface area contributed by atoms with Crippen LogP contribution < -0.4 is 10.6 Å². The minimum Gasteiger partial charge on any atom is -0.463 e. The Morgan fingerprint density at radius 1 is 1.26 bits per heavy atom. The lowest BCUT2D eigenvalue weighted by atomic mass is 10.0. The van der Waals surface area contributed by atoms with Crippen LogP contribution in [0.3, 0.4) is 0 Å². The molecule has 1 atom stereocenters. The summed E-state index contributed by atoms with van der Waals surface area (Å²) in [6, 6.07) is 9.35. The molecule has 0 fully saturated rings. The van der Waals surface area contributed by atoms with Crippen LogP contribution in [0.25, 0.3) is 5.65 Å². The van der Waals surface area contributed by atoms with Crippen LogP contribution in [0, 0.1) is 6.92 Å². The second kappa shape index (κ2) is 9.18. The van der Waals surface area contributed by atoms with Gasteiger partial charge < -0.3 is 20.2 Å². The van der Waals surface area contributed by atoms with E-state index in [1.54, 1.807) is 13.0 Å². The lowest BCUT2D eigenvalue weighted by molar-refractivity contribution is 0.0378. The van der Waals surface area contributed by atoms with Crippen molar-refractivity contribution in [1.82, 2.24) is 25.2 Å². The van der Waals surface area contributed by atoms with Crippen molar-refractivity contribution in [2.75, 3.05) is 13.1 Å². The molecule has 146 valence electrons. The van der Waals surface area contributed by atoms with E-state index in [0.29, 0.717) is 24.8 Å². The maximum atomic E-state index is 10.6. The molecule has 0 aliphatic heterocycles. The summed E-state index contributed by atoms with van der Waals surface area (Å²) >= 11 is 0. The predicted molar refractivity (Wildman–Crippen MR) is 114 cm³/mol. The molecule has 0 aromatic carbocycles. The summed E-state index contributed by atoms with van der Waals surface area (Å²) in [4.78, 5) is 4.54. The summed E-state index contributed by atoms with van der Waals surface area (Å²) in [7, 11) is 0. The third-order valence-corrected chi connectivity index (χ3v) is 3.98. The topological polar surface area (TPSA) is 100.0 Å². The van der Waals surface area contributed by atoms with E-state index in [1.807, 2.05) is 48.7 Å². The van der Waals surface area contributed by atoms with Gasteiger partial charge >= 0.3 is 0 Å². The zero-order valence-electron chi connectivity index (χ0n) is 15.6. The van der Waals surface area contributed by atoms with Gasteiger partial charge in [-0.1, -0.05) is 6.07 Å². The molecule has 0 saturated heterocycles. The summed E-state index contributed by atoms with van der Waals surface area (Å²) in [6.45, 7) is 6.86. The molecule has 0 radical (unpaired) electrons. The molecule has 3 rings (SSSR count). The Hall–Kier alpha value is -2.14. The number of rotatable bonds is 6. The zero-order chi connectivity index (χ0) is 18.6. The van der Waals surface area contributed by atoms with Gasteiger partial charge in [-0.25, -0.2) is 4.99 Å². The van der Waals surface area contributed by atoms with E-state index in [2.05, 4.69) is 25.8 Å². The molecule has 0 aliphatic carbocycles. The number of aromatic nitrogens is 3. The highest BCUT2D eigenvalue weighted by atomic mass is 127. The highest BCUT2D eigenvalue weighted by Gasteiger charge is 2.27. The first-order valence-corrected chi connectivity index (χ1v) is 8.59. The highest BCUT2D eigenvalue weighted by molar-refractivity contribution is 14.0. The molecule has 0 saturated carbocycles. The summed E-state index contributed by atoms with van der Waals surface area (Å²) in [6.07, 6.45) is 1.91. The van der Waals surface area contributed by atoms with Gasteiger partial charge in [-0.05, 0) is 45.0 Å². The van der Waals surface area contributed by atoms with E-state index in [4.69, 9.17) is 4.42 Å². The first kappa shape index (κ1) is 21.2. The average molecular weight is 484 g/mol. The first-order chi connectivity index (χ1) is 12.5. The molecule has 27 heavy (non-hydrogen) atoms. The van der Waals surface area contributed by atoms with E-state index in [9.17, 15) is 5.11 Å². The van der Waals surface area contributed by atoms with Gasteiger partial charge in [-0.15, -0.1) is 34.2 Å². The largest absolute Gasteiger partial charge is 0.463 e. The van der Waals surface area contributed by atoms with Crippen molar-refractivity contribution >= 4 is 35.6 Å². The molecule has 0 bridgehead atoms. The zero-order valence-corrected chi connectivity index (χ0v) is 18.0. The number of aliphatic hydroxyl groups is 1. The van der Waals surface area contributed by atoms with Crippen molar-refractivity contribution in [3.8, 4) is 0 Å². The SMILES string of the molecule is CCNC(=NCc1nnc2ccccn12)NCC(C)(O)c1ccc(C)o1.I. The van der Waals surface area contributed by atoms with E-state index >= 15 is 0 Å². The van der Waals surface area contributed by atoms with Gasteiger partial charge in [0.25, 0.3) is 0 Å². The normalized spacial score (nSPS) is 13.9. The second-order valence-corrected chi connectivity index (χ2v) is 6.28. The van der Waals surface area contributed by atoms with Gasteiger partial charge in [0, 0.05) is 12.7 Å².